The highest BCUT2D eigenvalue weighted by Crippen LogP contribution is 2.00. The van der Waals surface area contributed by atoms with E-state index in [4.69, 9.17) is 0 Å². The summed E-state index contributed by atoms with van der Waals surface area (Å²) in [6.07, 6.45) is 1.16. The second-order valence-electron chi connectivity index (χ2n) is 2.37. The SMILES string of the molecule is C=CCCCOC(F)C(=O)OCC. The Kier molecular flexibility index (Phi) is 7.20. The van der Waals surface area contributed by atoms with Gasteiger partial charge in [-0.25, -0.2) is 9.18 Å². The Hall–Kier alpha value is -0.900. The summed E-state index contributed by atoms with van der Waals surface area (Å²) in [7, 11) is 0. The molecule has 0 aromatic rings. The van der Waals surface area contributed by atoms with Crippen LogP contribution < -0.4 is 0 Å². The Balaban J connectivity index is 3.43. The zero-order valence-corrected chi connectivity index (χ0v) is 7.79. The molecule has 0 spiro atoms. The van der Waals surface area contributed by atoms with E-state index in [1.807, 2.05) is 0 Å². The minimum Gasteiger partial charge on any atom is -0.462 e. The van der Waals surface area contributed by atoms with Crippen LogP contribution >= 0.6 is 0 Å². The molecule has 0 saturated heterocycles. The van der Waals surface area contributed by atoms with Crippen LogP contribution in [0.1, 0.15) is 19.8 Å². The van der Waals surface area contributed by atoms with Crippen molar-refractivity contribution >= 4 is 5.97 Å². The van der Waals surface area contributed by atoms with Crippen LogP contribution in [0.4, 0.5) is 4.39 Å². The minimum absolute atomic E-state index is 0.162. The topological polar surface area (TPSA) is 35.5 Å². The normalized spacial score (nSPS) is 12.2. The summed E-state index contributed by atoms with van der Waals surface area (Å²) in [6, 6.07) is 0. The molecule has 0 heterocycles. The van der Waals surface area contributed by atoms with Gasteiger partial charge in [-0.3, -0.25) is 0 Å². The first kappa shape index (κ1) is 12.1. The number of hydrogen-bond donors (Lipinski definition) is 0. The second-order valence-corrected chi connectivity index (χ2v) is 2.37. The summed E-state index contributed by atoms with van der Waals surface area (Å²) in [5.41, 5.74) is 0. The van der Waals surface area contributed by atoms with Gasteiger partial charge in [0.25, 0.3) is 6.36 Å². The number of ether oxygens (including phenoxy) is 2. The molecule has 13 heavy (non-hydrogen) atoms. The van der Waals surface area contributed by atoms with Crippen LogP contribution in [0.15, 0.2) is 12.7 Å². The molecule has 0 saturated carbocycles. The van der Waals surface area contributed by atoms with E-state index in [-0.39, 0.29) is 13.2 Å². The van der Waals surface area contributed by atoms with Gasteiger partial charge in [0.2, 0.25) is 0 Å². The Morgan fingerprint density at radius 1 is 1.69 bits per heavy atom. The van der Waals surface area contributed by atoms with Gasteiger partial charge in [0.1, 0.15) is 0 Å². The van der Waals surface area contributed by atoms with E-state index in [1.54, 1.807) is 13.0 Å². The third-order valence-electron chi connectivity index (χ3n) is 1.29. The predicted octanol–water partition coefficient (Wildman–Crippen LogP) is 1.83. The van der Waals surface area contributed by atoms with Crippen molar-refractivity contribution in [2.45, 2.75) is 26.1 Å². The lowest BCUT2D eigenvalue weighted by atomic mass is 10.3. The molecule has 0 aliphatic heterocycles. The largest absolute Gasteiger partial charge is 0.462 e. The number of halogens is 1. The van der Waals surface area contributed by atoms with Gasteiger partial charge >= 0.3 is 5.97 Å². The molecular formula is C9H15FO3. The Bertz CT molecular complexity index is 159. The van der Waals surface area contributed by atoms with E-state index in [0.29, 0.717) is 6.42 Å². The minimum atomic E-state index is -1.95. The molecule has 0 bridgehead atoms. The molecule has 3 nitrogen and oxygen atoms in total. The Morgan fingerprint density at radius 2 is 2.38 bits per heavy atom. The van der Waals surface area contributed by atoms with Gasteiger partial charge in [0.05, 0.1) is 13.2 Å². The molecule has 0 aliphatic rings. The van der Waals surface area contributed by atoms with Crippen LogP contribution in [0.25, 0.3) is 0 Å². The molecule has 0 fully saturated rings. The highest BCUT2D eigenvalue weighted by Gasteiger charge is 2.18. The lowest BCUT2D eigenvalue weighted by Crippen LogP contribution is -2.22. The lowest BCUT2D eigenvalue weighted by Gasteiger charge is -2.07. The summed E-state index contributed by atoms with van der Waals surface area (Å²) in [4.78, 5) is 10.7. The highest BCUT2D eigenvalue weighted by atomic mass is 19.1. The molecule has 1 unspecified atom stereocenters. The summed E-state index contributed by atoms with van der Waals surface area (Å²) < 4.78 is 21.7. The number of carbonyl (C=O) groups excluding carboxylic acids is 1. The van der Waals surface area contributed by atoms with Crippen LogP contribution in [-0.2, 0) is 14.3 Å². The quantitative estimate of drug-likeness (QED) is 0.349. The Morgan fingerprint density at radius 3 is 2.92 bits per heavy atom. The van der Waals surface area contributed by atoms with E-state index in [2.05, 4.69) is 16.1 Å². The van der Waals surface area contributed by atoms with E-state index in [0.717, 1.165) is 6.42 Å². The van der Waals surface area contributed by atoms with Crippen LogP contribution in [-0.4, -0.2) is 25.5 Å². The molecule has 4 heteroatoms. The van der Waals surface area contributed by atoms with Crippen LogP contribution in [0.2, 0.25) is 0 Å². The molecule has 0 radical (unpaired) electrons. The second kappa shape index (κ2) is 7.73. The van der Waals surface area contributed by atoms with Gasteiger partial charge in [-0.2, -0.15) is 0 Å². The van der Waals surface area contributed by atoms with Crippen molar-refractivity contribution in [3.63, 3.8) is 0 Å². The molecule has 0 N–H and O–H groups in total. The zero-order chi connectivity index (χ0) is 10.1. The van der Waals surface area contributed by atoms with Crippen molar-refractivity contribution in [3.8, 4) is 0 Å². The number of esters is 1. The van der Waals surface area contributed by atoms with Crippen molar-refractivity contribution in [2.24, 2.45) is 0 Å². The molecule has 0 aromatic carbocycles. The fraction of sp³-hybridized carbons (Fsp3) is 0.667. The van der Waals surface area contributed by atoms with Crippen LogP contribution in [0.5, 0.6) is 0 Å². The molecule has 76 valence electrons. The van der Waals surface area contributed by atoms with Crippen molar-refractivity contribution in [1.29, 1.82) is 0 Å². The number of rotatable bonds is 7. The number of unbranched alkanes of at least 4 members (excludes halogenated alkanes) is 1. The first-order valence-electron chi connectivity index (χ1n) is 4.25. The van der Waals surface area contributed by atoms with Crippen molar-refractivity contribution in [1.82, 2.24) is 0 Å². The average molecular weight is 190 g/mol. The first-order valence-corrected chi connectivity index (χ1v) is 4.25. The average Bonchev–Trinajstić information content (AvgIpc) is 2.12. The van der Waals surface area contributed by atoms with E-state index < -0.39 is 12.3 Å². The van der Waals surface area contributed by atoms with Crippen molar-refractivity contribution in [3.05, 3.63) is 12.7 Å². The summed E-state index contributed by atoms with van der Waals surface area (Å²) >= 11 is 0. The smallest absolute Gasteiger partial charge is 0.368 e. The summed E-state index contributed by atoms with van der Waals surface area (Å²) in [5.74, 6) is -0.957. The standard InChI is InChI=1S/C9H15FO3/c1-3-5-6-7-13-8(10)9(11)12-4-2/h3,8H,1,4-7H2,2H3. The monoisotopic (exact) mass is 190 g/mol. The Labute approximate surface area is 77.5 Å². The fourth-order valence-corrected chi connectivity index (χ4v) is 0.690. The van der Waals surface area contributed by atoms with E-state index >= 15 is 0 Å². The molecule has 1 atom stereocenters. The summed E-state index contributed by atoms with van der Waals surface area (Å²) in [6.45, 7) is 5.48. The van der Waals surface area contributed by atoms with Crippen LogP contribution in [0, 0.1) is 0 Å². The third kappa shape index (κ3) is 6.28. The number of hydrogen-bond acceptors (Lipinski definition) is 3. The number of alkyl halides is 1. The maximum Gasteiger partial charge on any atom is 0.368 e. The first-order chi connectivity index (χ1) is 6.22. The molecular weight excluding hydrogens is 175 g/mol. The molecule has 0 aliphatic carbocycles. The van der Waals surface area contributed by atoms with Gasteiger partial charge in [-0.05, 0) is 19.8 Å². The van der Waals surface area contributed by atoms with E-state index in [9.17, 15) is 9.18 Å². The fourth-order valence-electron chi connectivity index (χ4n) is 0.690. The van der Waals surface area contributed by atoms with Gasteiger partial charge in [0, 0.05) is 0 Å². The third-order valence-corrected chi connectivity index (χ3v) is 1.29. The molecule has 0 aromatic heterocycles. The van der Waals surface area contributed by atoms with E-state index in [1.165, 1.54) is 0 Å². The van der Waals surface area contributed by atoms with Gasteiger partial charge in [-0.1, -0.05) is 6.08 Å². The van der Waals surface area contributed by atoms with Crippen molar-refractivity contribution in [2.75, 3.05) is 13.2 Å². The van der Waals surface area contributed by atoms with Crippen LogP contribution in [0.3, 0.4) is 0 Å². The van der Waals surface area contributed by atoms with Gasteiger partial charge < -0.3 is 9.47 Å². The van der Waals surface area contributed by atoms with Crippen molar-refractivity contribution < 1.29 is 18.7 Å². The predicted molar refractivity (Wildman–Crippen MR) is 46.9 cm³/mol. The maximum atomic E-state index is 12.7. The zero-order valence-electron chi connectivity index (χ0n) is 7.79. The lowest BCUT2D eigenvalue weighted by molar-refractivity contribution is -0.169. The number of allylic oxidation sites excluding steroid dienone is 1. The molecule has 0 amide bonds. The maximum absolute atomic E-state index is 12.7. The summed E-state index contributed by atoms with van der Waals surface area (Å²) in [5, 5.41) is 0. The highest BCUT2D eigenvalue weighted by molar-refractivity contribution is 5.72. The van der Waals surface area contributed by atoms with Gasteiger partial charge in [-0.15, -0.1) is 6.58 Å². The molecule has 0 rings (SSSR count). The number of carbonyl (C=O) groups is 1. The van der Waals surface area contributed by atoms with Gasteiger partial charge in [0.15, 0.2) is 0 Å².